The van der Waals surface area contributed by atoms with Crippen LogP contribution in [-0.4, -0.2) is 56.4 Å². The zero-order valence-electron chi connectivity index (χ0n) is 16.8. The van der Waals surface area contributed by atoms with Gasteiger partial charge < -0.3 is 29.6 Å². The first-order chi connectivity index (χ1) is 15.0. The Balaban J connectivity index is 1.44. The minimum Gasteiger partial charge on any atom is -0.463 e. The molecule has 5 unspecified atom stereocenters. The third-order valence-electron chi connectivity index (χ3n) is 6.06. The van der Waals surface area contributed by atoms with Crippen molar-refractivity contribution in [3.63, 3.8) is 0 Å². The average molecular weight is 444 g/mol. The number of aliphatic hydroxyl groups is 4. The molecule has 0 radical (unpaired) electrons. The molecular weight excluding hydrogens is 418 g/mol. The molecule has 0 spiro atoms. The Morgan fingerprint density at radius 2 is 1.90 bits per heavy atom. The minimum atomic E-state index is -1.39. The Hall–Kier alpha value is -2.07. The molecule has 3 aromatic rings. The van der Waals surface area contributed by atoms with E-state index in [-0.39, 0.29) is 0 Å². The first-order valence-corrected chi connectivity index (χ1v) is 11.3. The van der Waals surface area contributed by atoms with E-state index in [0.717, 1.165) is 34.1 Å². The smallest absolute Gasteiger partial charge is 0.145 e. The topological polar surface area (TPSA) is 116 Å². The van der Waals surface area contributed by atoms with Gasteiger partial charge in [0.05, 0.1) is 22.8 Å². The van der Waals surface area contributed by atoms with E-state index in [1.165, 1.54) is 5.56 Å². The average Bonchev–Trinajstić information content (AvgIpc) is 3.26. The molecule has 5 rings (SSSR count). The van der Waals surface area contributed by atoms with Crippen LogP contribution in [-0.2, 0) is 11.2 Å². The van der Waals surface area contributed by atoms with Gasteiger partial charge in [-0.05, 0) is 47.6 Å². The molecule has 2 aliphatic rings. The van der Waals surface area contributed by atoms with Gasteiger partial charge >= 0.3 is 0 Å². The monoisotopic (exact) mass is 443 g/mol. The van der Waals surface area contributed by atoms with E-state index in [1.54, 1.807) is 17.6 Å². The highest BCUT2D eigenvalue weighted by atomic mass is 32.1. The summed E-state index contributed by atoms with van der Waals surface area (Å²) in [7, 11) is 0. The molecule has 1 aliphatic carbocycles. The van der Waals surface area contributed by atoms with Gasteiger partial charge in [-0.2, -0.15) is 0 Å². The standard InChI is InChI=1S/C23H25NO6S/c25-11-17-20(26)21(27)22(28)23(30-17)13-5-6-15(12-3-4-12)14(8-13)9-19-24-10-18(31-19)16-2-1-7-29-16/h1-2,5-8,10,12,17,20-23,25-28H,3-4,9,11H2. The predicted octanol–water partition coefficient (Wildman–Crippen LogP) is 2.39. The van der Waals surface area contributed by atoms with Gasteiger partial charge in [0.25, 0.3) is 0 Å². The lowest BCUT2D eigenvalue weighted by atomic mass is 9.89. The Labute approximate surface area is 183 Å². The fourth-order valence-electron chi connectivity index (χ4n) is 4.21. The molecule has 0 bridgehead atoms. The summed E-state index contributed by atoms with van der Waals surface area (Å²) in [5.74, 6) is 1.32. The molecule has 1 saturated heterocycles. The van der Waals surface area contributed by atoms with E-state index in [0.29, 0.717) is 17.9 Å². The van der Waals surface area contributed by atoms with Gasteiger partial charge in [-0.1, -0.05) is 18.2 Å². The van der Waals surface area contributed by atoms with Crippen molar-refractivity contribution in [2.45, 2.75) is 55.7 Å². The highest BCUT2D eigenvalue weighted by Gasteiger charge is 2.44. The number of thiazole rings is 1. The van der Waals surface area contributed by atoms with Crippen LogP contribution in [0.5, 0.6) is 0 Å². The zero-order valence-corrected chi connectivity index (χ0v) is 17.6. The molecular formula is C23H25NO6S. The number of rotatable bonds is 6. The van der Waals surface area contributed by atoms with Gasteiger partial charge in [-0.25, -0.2) is 4.98 Å². The van der Waals surface area contributed by atoms with Crippen LogP contribution >= 0.6 is 11.3 Å². The van der Waals surface area contributed by atoms with Crippen LogP contribution in [0.2, 0.25) is 0 Å². The summed E-state index contributed by atoms with van der Waals surface area (Å²) < 4.78 is 11.2. The third kappa shape index (κ3) is 4.07. The first-order valence-electron chi connectivity index (χ1n) is 10.5. The highest BCUT2D eigenvalue weighted by Crippen LogP contribution is 2.44. The van der Waals surface area contributed by atoms with E-state index in [2.05, 4.69) is 11.1 Å². The number of nitrogens with zero attached hydrogens (tertiary/aromatic N) is 1. The van der Waals surface area contributed by atoms with Gasteiger partial charge in [0.15, 0.2) is 0 Å². The van der Waals surface area contributed by atoms with Crippen LogP contribution in [0, 0.1) is 0 Å². The Kier molecular flexibility index (Phi) is 5.68. The van der Waals surface area contributed by atoms with E-state index in [9.17, 15) is 20.4 Å². The summed E-state index contributed by atoms with van der Waals surface area (Å²) in [6, 6.07) is 9.72. The fraction of sp³-hybridized carbons (Fsp3) is 0.435. The van der Waals surface area contributed by atoms with E-state index < -0.39 is 37.1 Å². The van der Waals surface area contributed by atoms with E-state index >= 15 is 0 Å². The number of benzene rings is 1. The molecule has 7 nitrogen and oxygen atoms in total. The molecule has 4 N–H and O–H groups in total. The Bertz CT molecular complexity index is 1030. The molecule has 164 valence electrons. The number of aromatic nitrogens is 1. The normalized spacial score (nSPS) is 28.7. The second-order valence-electron chi connectivity index (χ2n) is 8.25. The number of hydrogen-bond donors (Lipinski definition) is 4. The Morgan fingerprint density at radius 1 is 1.06 bits per heavy atom. The number of ether oxygens (including phenoxy) is 1. The summed E-state index contributed by atoms with van der Waals surface area (Å²) >= 11 is 1.58. The maximum atomic E-state index is 10.5. The number of aliphatic hydroxyl groups excluding tert-OH is 4. The quantitative estimate of drug-likeness (QED) is 0.462. The molecule has 1 aliphatic heterocycles. The molecule has 3 heterocycles. The summed E-state index contributed by atoms with van der Waals surface area (Å²) in [6.45, 7) is -0.441. The van der Waals surface area contributed by atoms with Crippen molar-refractivity contribution in [1.29, 1.82) is 0 Å². The van der Waals surface area contributed by atoms with Gasteiger partial charge in [-0.3, -0.25) is 0 Å². The second-order valence-corrected chi connectivity index (χ2v) is 9.37. The summed E-state index contributed by atoms with van der Waals surface area (Å²) in [6.07, 6.45) is 0.604. The summed E-state index contributed by atoms with van der Waals surface area (Å²) in [4.78, 5) is 5.53. The summed E-state index contributed by atoms with van der Waals surface area (Å²) in [5.41, 5.74) is 3.08. The van der Waals surface area contributed by atoms with Crippen LogP contribution < -0.4 is 0 Å². The lowest BCUT2D eigenvalue weighted by Crippen LogP contribution is -2.55. The molecule has 2 fully saturated rings. The predicted molar refractivity (Wildman–Crippen MR) is 114 cm³/mol. The molecule has 2 aromatic heterocycles. The maximum absolute atomic E-state index is 10.5. The lowest BCUT2D eigenvalue weighted by Gasteiger charge is -2.40. The van der Waals surface area contributed by atoms with Crippen molar-refractivity contribution in [3.8, 4) is 10.6 Å². The van der Waals surface area contributed by atoms with E-state index in [4.69, 9.17) is 9.15 Å². The molecule has 0 amide bonds. The van der Waals surface area contributed by atoms with Crippen LogP contribution in [0.3, 0.4) is 0 Å². The van der Waals surface area contributed by atoms with Crippen molar-refractivity contribution in [2.24, 2.45) is 0 Å². The molecule has 8 heteroatoms. The summed E-state index contributed by atoms with van der Waals surface area (Å²) in [5, 5.41) is 41.2. The van der Waals surface area contributed by atoms with Gasteiger partial charge in [0, 0.05) is 12.6 Å². The Morgan fingerprint density at radius 3 is 2.61 bits per heavy atom. The van der Waals surface area contributed by atoms with Crippen molar-refractivity contribution in [3.05, 3.63) is 64.5 Å². The van der Waals surface area contributed by atoms with Crippen LogP contribution in [0.25, 0.3) is 10.6 Å². The molecule has 1 saturated carbocycles. The van der Waals surface area contributed by atoms with Crippen LogP contribution in [0.1, 0.15) is 46.6 Å². The van der Waals surface area contributed by atoms with Gasteiger partial charge in [0.1, 0.15) is 36.3 Å². The van der Waals surface area contributed by atoms with Gasteiger partial charge in [0.2, 0.25) is 0 Å². The molecule has 31 heavy (non-hydrogen) atoms. The second kappa shape index (κ2) is 8.46. The van der Waals surface area contributed by atoms with Crippen molar-refractivity contribution in [1.82, 2.24) is 4.98 Å². The molecule has 5 atom stereocenters. The van der Waals surface area contributed by atoms with Gasteiger partial charge in [-0.15, -0.1) is 11.3 Å². The van der Waals surface area contributed by atoms with Crippen molar-refractivity contribution < 1.29 is 29.6 Å². The van der Waals surface area contributed by atoms with Crippen LogP contribution in [0.4, 0.5) is 0 Å². The van der Waals surface area contributed by atoms with Crippen molar-refractivity contribution in [2.75, 3.05) is 6.61 Å². The minimum absolute atomic E-state index is 0.441. The van der Waals surface area contributed by atoms with E-state index in [1.807, 2.05) is 30.5 Å². The lowest BCUT2D eigenvalue weighted by molar-refractivity contribution is -0.231. The highest BCUT2D eigenvalue weighted by molar-refractivity contribution is 7.15. The zero-order chi connectivity index (χ0) is 21.5. The largest absolute Gasteiger partial charge is 0.463 e. The number of furan rings is 1. The van der Waals surface area contributed by atoms with Crippen LogP contribution in [0.15, 0.2) is 47.2 Å². The first kappa shape index (κ1) is 20.8. The fourth-order valence-corrected chi connectivity index (χ4v) is 5.12. The maximum Gasteiger partial charge on any atom is 0.145 e. The number of hydrogen-bond acceptors (Lipinski definition) is 8. The molecule has 1 aromatic carbocycles. The third-order valence-corrected chi connectivity index (χ3v) is 7.08. The van der Waals surface area contributed by atoms with Crippen molar-refractivity contribution >= 4 is 11.3 Å². The SMILES string of the molecule is OCC1OC(c2ccc(C3CC3)c(Cc3ncc(-c4ccco4)s3)c2)C(O)C(O)C1O.